The van der Waals surface area contributed by atoms with Gasteiger partial charge in [0.1, 0.15) is 0 Å². The van der Waals surface area contributed by atoms with Crippen LogP contribution in [0, 0.1) is 5.92 Å². The van der Waals surface area contributed by atoms with Crippen LogP contribution in [0.3, 0.4) is 0 Å². The van der Waals surface area contributed by atoms with E-state index in [1.807, 2.05) is 17.8 Å². The Balaban J connectivity index is 1.32. The number of pyridine rings is 1. The van der Waals surface area contributed by atoms with Crippen LogP contribution < -0.4 is 0 Å². The van der Waals surface area contributed by atoms with E-state index in [9.17, 15) is 4.79 Å². The van der Waals surface area contributed by atoms with Crippen molar-refractivity contribution in [3.8, 4) is 0 Å². The molecule has 3 heterocycles. The fourth-order valence-electron chi connectivity index (χ4n) is 3.56. The van der Waals surface area contributed by atoms with E-state index in [1.54, 1.807) is 17.5 Å². The number of amides is 1. The molecule has 1 aliphatic carbocycles. The number of carbonyl (C=O) groups is 1. The Labute approximate surface area is 146 Å². The lowest BCUT2D eigenvalue weighted by Gasteiger charge is -2.21. The molecule has 2 atom stereocenters. The maximum Gasteiger partial charge on any atom is 0.226 e. The van der Waals surface area contributed by atoms with Gasteiger partial charge in [0.25, 0.3) is 0 Å². The van der Waals surface area contributed by atoms with Gasteiger partial charge in [-0.15, -0.1) is 11.3 Å². The predicted molar refractivity (Wildman–Crippen MR) is 93.7 cm³/mol. The van der Waals surface area contributed by atoms with Gasteiger partial charge in [0.2, 0.25) is 5.91 Å². The molecular weight excluding hydrogens is 320 g/mol. The normalized spacial score (nSPS) is 24.6. The van der Waals surface area contributed by atoms with Crippen LogP contribution >= 0.6 is 11.3 Å². The summed E-state index contributed by atoms with van der Waals surface area (Å²) in [4.78, 5) is 25.8. The van der Waals surface area contributed by atoms with Crippen LogP contribution in [-0.2, 0) is 11.3 Å². The Bertz CT molecular complexity index is 676. The molecular formula is C18H22N4OS. The molecule has 0 radical (unpaired) electrons. The first-order chi connectivity index (χ1) is 11.8. The van der Waals surface area contributed by atoms with Gasteiger partial charge in [-0.3, -0.25) is 14.7 Å². The quantitative estimate of drug-likeness (QED) is 0.856. The number of thiazole rings is 1. The summed E-state index contributed by atoms with van der Waals surface area (Å²) in [6.45, 7) is 4.58. The second kappa shape index (κ2) is 6.99. The van der Waals surface area contributed by atoms with Crippen LogP contribution in [0.4, 0.5) is 0 Å². The molecule has 1 saturated heterocycles. The number of hydrogen-bond acceptors (Lipinski definition) is 5. The van der Waals surface area contributed by atoms with Gasteiger partial charge in [-0.25, -0.2) is 4.98 Å². The summed E-state index contributed by atoms with van der Waals surface area (Å²) in [5.41, 5.74) is 4.23. The summed E-state index contributed by atoms with van der Waals surface area (Å²) in [5.74, 6) is 0.874. The van der Waals surface area contributed by atoms with E-state index in [0.717, 1.165) is 51.3 Å². The van der Waals surface area contributed by atoms with Crippen molar-refractivity contribution in [1.29, 1.82) is 0 Å². The highest BCUT2D eigenvalue weighted by Crippen LogP contribution is 2.48. The van der Waals surface area contributed by atoms with Crippen LogP contribution in [0.15, 0.2) is 35.4 Å². The van der Waals surface area contributed by atoms with E-state index in [0.29, 0.717) is 11.8 Å². The average molecular weight is 342 g/mol. The molecule has 24 heavy (non-hydrogen) atoms. The van der Waals surface area contributed by atoms with Crippen molar-refractivity contribution in [2.24, 2.45) is 5.92 Å². The minimum atomic E-state index is 0.166. The van der Waals surface area contributed by atoms with Crippen LogP contribution in [0.25, 0.3) is 0 Å². The van der Waals surface area contributed by atoms with Crippen molar-refractivity contribution >= 4 is 17.2 Å². The molecule has 4 rings (SSSR count). The highest BCUT2D eigenvalue weighted by atomic mass is 32.1. The monoisotopic (exact) mass is 342 g/mol. The summed E-state index contributed by atoms with van der Waals surface area (Å²) >= 11 is 1.64. The minimum Gasteiger partial charge on any atom is -0.341 e. The van der Waals surface area contributed by atoms with E-state index in [1.165, 1.54) is 5.56 Å². The fourth-order valence-corrected chi connectivity index (χ4v) is 4.11. The summed E-state index contributed by atoms with van der Waals surface area (Å²) < 4.78 is 0. The maximum atomic E-state index is 12.8. The first-order valence-corrected chi connectivity index (χ1v) is 9.53. The van der Waals surface area contributed by atoms with Gasteiger partial charge in [-0.2, -0.15) is 0 Å². The molecule has 2 aromatic rings. The summed E-state index contributed by atoms with van der Waals surface area (Å²) in [7, 11) is 0. The Morgan fingerprint density at radius 2 is 2.25 bits per heavy atom. The van der Waals surface area contributed by atoms with Gasteiger partial charge in [0.05, 0.1) is 11.2 Å². The minimum absolute atomic E-state index is 0.166. The van der Waals surface area contributed by atoms with E-state index < -0.39 is 0 Å². The molecule has 2 unspecified atom stereocenters. The molecule has 2 aromatic heterocycles. The molecule has 0 bridgehead atoms. The molecule has 6 heteroatoms. The van der Waals surface area contributed by atoms with Gasteiger partial charge in [-0.05, 0) is 30.4 Å². The molecule has 2 aliphatic rings. The van der Waals surface area contributed by atoms with Gasteiger partial charge in [-0.1, -0.05) is 6.07 Å². The van der Waals surface area contributed by atoms with Crippen molar-refractivity contribution in [2.75, 3.05) is 26.2 Å². The first-order valence-electron chi connectivity index (χ1n) is 8.59. The van der Waals surface area contributed by atoms with E-state index in [2.05, 4.69) is 31.2 Å². The number of aromatic nitrogens is 2. The lowest BCUT2D eigenvalue weighted by molar-refractivity contribution is -0.132. The van der Waals surface area contributed by atoms with Crippen LogP contribution in [-0.4, -0.2) is 51.9 Å². The summed E-state index contributed by atoms with van der Waals surface area (Å²) in [5, 5.41) is 2.11. The third-order valence-corrected chi connectivity index (χ3v) is 5.62. The number of hydrogen-bond donors (Lipinski definition) is 0. The second-order valence-corrected chi connectivity index (χ2v) is 7.39. The molecule has 5 nitrogen and oxygen atoms in total. The van der Waals surface area contributed by atoms with Crippen molar-refractivity contribution in [3.05, 3.63) is 46.7 Å². The van der Waals surface area contributed by atoms with Crippen molar-refractivity contribution in [2.45, 2.75) is 25.3 Å². The van der Waals surface area contributed by atoms with Crippen molar-refractivity contribution < 1.29 is 4.79 Å². The molecule has 1 amide bonds. The predicted octanol–water partition coefficient (Wildman–Crippen LogP) is 2.38. The largest absolute Gasteiger partial charge is 0.341 e. The Morgan fingerprint density at radius 3 is 3.04 bits per heavy atom. The van der Waals surface area contributed by atoms with E-state index in [-0.39, 0.29) is 5.92 Å². The zero-order valence-electron chi connectivity index (χ0n) is 13.7. The number of nitrogens with zero attached hydrogens (tertiary/aromatic N) is 4. The SMILES string of the molecule is O=C(C1CC1c1cccnc1)N1CCCN(Cc2cscn2)CC1. The Morgan fingerprint density at radius 1 is 1.29 bits per heavy atom. The third kappa shape index (κ3) is 3.49. The van der Waals surface area contributed by atoms with Gasteiger partial charge >= 0.3 is 0 Å². The van der Waals surface area contributed by atoms with Gasteiger partial charge in [0, 0.05) is 56.4 Å². The molecule has 0 spiro atoms. The molecule has 1 aliphatic heterocycles. The van der Waals surface area contributed by atoms with Crippen molar-refractivity contribution in [3.63, 3.8) is 0 Å². The number of rotatable bonds is 4. The van der Waals surface area contributed by atoms with Crippen LogP contribution in [0.1, 0.15) is 30.0 Å². The van der Waals surface area contributed by atoms with Gasteiger partial charge < -0.3 is 4.90 Å². The maximum absolute atomic E-state index is 12.8. The Kier molecular flexibility index (Phi) is 4.58. The molecule has 2 fully saturated rings. The Hall–Kier alpha value is -1.79. The molecule has 126 valence electrons. The second-order valence-electron chi connectivity index (χ2n) is 6.67. The topological polar surface area (TPSA) is 49.3 Å². The van der Waals surface area contributed by atoms with Crippen LogP contribution in [0.2, 0.25) is 0 Å². The highest BCUT2D eigenvalue weighted by Gasteiger charge is 2.45. The van der Waals surface area contributed by atoms with E-state index in [4.69, 9.17) is 0 Å². The molecule has 0 N–H and O–H groups in total. The average Bonchev–Trinajstić information content (AvgIpc) is 3.32. The smallest absolute Gasteiger partial charge is 0.226 e. The van der Waals surface area contributed by atoms with E-state index >= 15 is 0 Å². The number of carbonyl (C=O) groups excluding carboxylic acids is 1. The lowest BCUT2D eigenvalue weighted by atomic mass is 10.1. The zero-order valence-corrected chi connectivity index (χ0v) is 14.5. The fraction of sp³-hybridized carbons (Fsp3) is 0.500. The third-order valence-electron chi connectivity index (χ3n) is 4.99. The summed E-state index contributed by atoms with van der Waals surface area (Å²) in [6, 6.07) is 4.04. The zero-order chi connectivity index (χ0) is 16.4. The molecule has 1 saturated carbocycles. The summed E-state index contributed by atoms with van der Waals surface area (Å²) in [6.07, 6.45) is 5.70. The van der Waals surface area contributed by atoms with Crippen molar-refractivity contribution in [1.82, 2.24) is 19.8 Å². The lowest BCUT2D eigenvalue weighted by Crippen LogP contribution is -2.36. The highest BCUT2D eigenvalue weighted by molar-refractivity contribution is 7.07. The van der Waals surface area contributed by atoms with Gasteiger partial charge in [0.15, 0.2) is 0 Å². The first kappa shape index (κ1) is 15.7. The van der Waals surface area contributed by atoms with Crippen LogP contribution in [0.5, 0.6) is 0 Å². The molecule has 0 aromatic carbocycles. The standard InChI is InChI=1S/C18H22N4OS/c23-18(17-9-16(17)14-3-1-4-19-10-14)22-6-2-5-21(7-8-22)11-15-12-24-13-20-15/h1,3-4,10,12-13,16-17H,2,5-9,11H2.